The Labute approximate surface area is 196 Å². The van der Waals surface area contributed by atoms with Crippen molar-refractivity contribution in [1.29, 1.82) is 0 Å². The van der Waals surface area contributed by atoms with E-state index in [1.54, 1.807) is 24.3 Å². The summed E-state index contributed by atoms with van der Waals surface area (Å²) < 4.78 is 33.5. The number of nitrogens with one attached hydrogen (secondary N) is 2. The average molecular weight is 466 g/mol. The number of carbonyl (C=O) groups excluding carboxylic acids is 1. The largest absolute Gasteiger partial charge is 0.497 e. The van der Waals surface area contributed by atoms with Crippen LogP contribution in [0.2, 0.25) is 0 Å². The lowest BCUT2D eigenvalue weighted by Crippen LogP contribution is -2.48. The molecule has 3 aromatic rings. The maximum atomic E-state index is 12.9. The second-order valence-corrected chi connectivity index (χ2v) is 9.41. The topological polar surface area (TPSA) is 84.5 Å². The Morgan fingerprint density at radius 1 is 0.939 bits per heavy atom. The van der Waals surface area contributed by atoms with Gasteiger partial charge in [0.25, 0.3) is 0 Å². The van der Waals surface area contributed by atoms with Crippen LogP contribution < -0.4 is 14.8 Å². The van der Waals surface area contributed by atoms with Crippen LogP contribution in [0.1, 0.15) is 24.0 Å². The zero-order valence-corrected chi connectivity index (χ0v) is 19.5. The van der Waals surface area contributed by atoms with Crippen LogP contribution in [0.15, 0.2) is 83.8 Å². The number of unbranched alkanes of at least 4 members (excludes halogenated alkanes) is 1. The van der Waals surface area contributed by atoms with Crippen LogP contribution in [0.3, 0.4) is 0 Å². The number of benzene rings is 3. The van der Waals surface area contributed by atoms with Gasteiger partial charge in [0, 0.05) is 6.54 Å². The Hall–Kier alpha value is -3.16. The third-order valence-corrected chi connectivity index (χ3v) is 6.73. The van der Waals surface area contributed by atoms with Crippen molar-refractivity contribution in [2.75, 3.05) is 13.7 Å². The summed E-state index contributed by atoms with van der Waals surface area (Å²) in [4.78, 5) is 13.0. The molecule has 0 spiro atoms. The van der Waals surface area contributed by atoms with Gasteiger partial charge in [-0.2, -0.15) is 4.72 Å². The van der Waals surface area contributed by atoms with Crippen molar-refractivity contribution in [3.05, 3.63) is 96.1 Å². The molecule has 0 aliphatic carbocycles. The molecule has 0 fully saturated rings. The molecule has 2 N–H and O–H groups in total. The summed E-state index contributed by atoms with van der Waals surface area (Å²) >= 11 is 0. The van der Waals surface area contributed by atoms with Crippen molar-refractivity contribution in [1.82, 2.24) is 10.0 Å². The molecule has 0 aliphatic rings. The molecule has 33 heavy (non-hydrogen) atoms. The quantitative estimate of drug-likeness (QED) is 0.401. The van der Waals surface area contributed by atoms with Gasteiger partial charge in [0.1, 0.15) is 11.8 Å². The molecule has 0 heterocycles. The summed E-state index contributed by atoms with van der Waals surface area (Å²) in [5.41, 5.74) is 2.10. The minimum Gasteiger partial charge on any atom is -0.497 e. The molecule has 1 atom stereocenters. The van der Waals surface area contributed by atoms with Crippen LogP contribution in [0.5, 0.6) is 5.75 Å². The van der Waals surface area contributed by atoms with Gasteiger partial charge in [0.2, 0.25) is 15.9 Å². The molecule has 0 aromatic heterocycles. The van der Waals surface area contributed by atoms with Gasteiger partial charge in [-0.15, -0.1) is 0 Å². The van der Waals surface area contributed by atoms with Crippen LogP contribution in [0.4, 0.5) is 0 Å². The molecule has 7 heteroatoms. The molecule has 0 saturated carbocycles. The van der Waals surface area contributed by atoms with Gasteiger partial charge >= 0.3 is 0 Å². The van der Waals surface area contributed by atoms with Crippen LogP contribution in [-0.4, -0.2) is 34.0 Å². The van der Waals surface area contributed by atoms with Crippen molar-refractivity contribution in [2.45, 2.75) is 36.6 Å². The SMILES string of the molecule is COc1ccc(S(=O)(=O)NC(Cc2cc[c]cc2)C(=O)NCCCCc2ccccc2)cc1. The second-order valence-electron chi connectivity index (χ2n) is 7.70. The molecule has 6 nitrogen and oxygen atoms in total. The van der Waals surface area contributed by atoms with E-state index in [9.17, 15) is 13.2 Å². The molecule has 1 unspecified atom stereocenters. The molecule has 0 saturated heterocycles. The fourth-order valence-corrected chi connectivity index (χ4v) is 4.62. The first-order valence-electron chi connectivity index (χ1n) is 10.9. The molecule has 3 rings (SSSR count). The number of hydrogen-bond acceptors (Lipinski definition) is 4. The van der Waals surface area contributed by atoms with E-state index in [4.69, 9.17) is 4.74 Å². The zero-order chi connectivity index (χ0) is 23.5. The molecule has 1 radical (unpaired) electrons. The van der Waals surface area contributed by atoms with Gasteiger partial charge in [-0.05, 0) is 67.1 Å². The first kappa shape index (κ1) is 24.5. The first-order valence-corrected chi connectivity index (χ1v) is 12.4. The number of sulfonamides is 1. The summed E-state index contributed by atoms with van der Waals surface area (Å²) in [6, 6.07) is 25.4. The summed E-state index contributed by atoms with van der Waals surface area (Å²) in [6.45, 7) is 0.481. The minimum absolute atomic E-state index is 0.0744. The molecule has 3 aromatic carbocycles. The Kier molecular flexibility index (Phi) is 9.04. The Morgan fingerprint density at radius 3 is 2.30 bits per heavy atom. The van der Waals surface area contributed by atoms with Gasteiger partial charge in [-0.3, -0.25) is 4.79 Å². The highest BCUT2D eigenvalue weighted by Gasteiger charge is 2.26. The predicted molar refractivity (Wildman–Crippen MR) is 128 cm³/mol. The molecule has 0 aliphatic heterocycles. The van der Waals surface area contributed by atoms with Crippen molar-refractivity contribution < 1.29 is 17.9 Å². The predicted octanol–water partition coefficient (Wildman–Crippen LogP) is 3.52. The average Bonchev–Trinajstić information content (AvgIpc) is 2.84. The summed E-state index contributed by atoms with van der Waals surface area (Å²) in [5.74, 6) is 0.207. The van der Waals surface area contributed by atoms with Gasteiger partial charge in [-0.25, -0.2) is 8.42 Å². The smallest absolute Gasteiger partial charge is 0.241 e. The number of hydrogen-bond donors (Lipinski definition) is 2. The van der Waals surface area contributed by atoms with Crippen molar-refractivity contribution >= 4 is 15.9 Å². The maximum absolute atomic E-state index is 12.9. The summed E-state index contributed by atoms with van der Waals surface area (Å²) in [6.07, 6.45) is 2.91. The maximum Gasteiger partial charge on any atom is 0.241 e. The molecule has 1 amide bonds. The van der Waals surface area contributed by atoms with E-state index in [-0.39, 0.29) is 17.2 Å². The van der Waals surface area contributed by atoms with E-state index < -0.39 is 16.1 Å². The monoisotopic (exact) mass is 465 g/mol. The van der Waals surface area contributed by atoms with Crippen LogP contribution in [-0.2, 0) is 27.7 Å². The third-order valence-electron chi connectivity index (χ3n) is 5.25. The number of rotatable bonds is 12. The van der Waals surface area contributed by atoms with Crippen molar-refractivity contribution in [2.24, 2.45) is 0 Å². The van der Waals surface area contributed by atoms with E-state index in [0.29, 0.717) is 12.3 Å². The first-order chi connectivity index (χ1) is 16.0. The third kappa shape index (κ3) is 7.73. The van der Waals surface area contributed by atoms with Gasteiger partial charge < -0.3 is 10.1 Å². The number of amides is 1. The Balaban J connectivity index is 1.62. The lowest BCUT2D eigenvalue weighted by Gasteiger charge is -2.19. The van der Waals surface area contributed by atoms with E-state index in [0.717, 1.165) is 24.8 Å². The van der Waals surface area contributed by atoms with Crippen LogP contribution in [0, 0.1) is 6.07 Å². The minimum atomic E-state index is -3.90. The molecular formula is C26H29N2O4S. The Morgan fingerprint density at radius 2 is 1.64 bits per heavy atom. The highest BCUT2D eigenvalue weighted by atomic mass is 32.2. The highest BCUT2D eigenvalue weighted by Crippen LogP contribution is 2.16. The van der Waals surface area contributed by atoms with Crippen molar-refractivity contribution in [3.63, 3.8) is 0 Å². The number of aryl methyl sites for hydroxylation is 1. The summed E-state index contributed by atoms with van der Waals surface area (Å²) in [7, 11) is -2.38. The molecule has 173 valence electrons. The normalized spacial score (nSPS) is 12.2. The van der Waals surface area contributed by atoms with Crippen molar-refractivity contribution in [3.8, 4) is 5.75 Å². The molecular weight excluding hydrogens is 436 g/mol. The lowest BCUT2D eigenvalue weighted by molar-refractivity contribution is -0.122. The van der Waals surface area contributed by atoms with E-state index in [1.807, 2.05) is 30.3 Å². The lowest BCUT2D eigenvalue weighted by atomic mass is 10.1. The van der Waals surface area contributed by atoms with Crippen LogP contribution in [0.25, 0.3) is 0 Å². The van der Waals surface area contributed by atoms with E-state index in [2.05, 4.69) is 28.2 Å². The van der Waals surface area contributed by atoms with E-state index in [1.165, 1.54) is 24.8 Å². The fourth-order valence-electron chi connectivity index (χ4n) is 3.42. The highest BCUT2D eigenvalue weighted by molar-refractivity contribution is 7.89. The summed E-state index contributed by atoms with van der Waals surface area (Å²) in [5, 5.41) is 2.89. The van der Waals surface area contributed by atoms with Gasteiger partial charge in [-0.1, -0.05) is 54.6 Å². The number of carbonyl (C=O) groups is 1. The van der Waals surface area contributed by atoms with Gasteiger partial charge in [0.05, 0.1) is 12.0 Å². The molecule has 0 bridgehead atoms. The standard InChI is InChI=1S/C26H29N2O4S/c1-32-23-15-17-24(18-16-23)33(30,31)28-25(20-22-13-6-3-7-14-22)26(29)27-19-9-8-12-21-10-4-2-5-11-21/h2,4-7,10-11,13-18,25,28H,8-9,12,19-20H2,1H3,(H,27,29). The fraction of sp³-hybridized carbons (Fsp3) is 0.269. The second kappa shape index (κ2) is 12.2. The number of ether oxygens (including phenoxy) is 1. The Bertz CT molecular complexity index is 1100. The van der Waals surface area contributed by atoms with E-state index >= 15 is 0 Å². The van der Waals surface area contributed by atoms with Crippen LogP contribution >= 0.6 is 0 Å². The number of methoxy groups -OCH3 is 1. The zero-order valence-electron chi connectivity index (χ0n) is 18.7. The van der Waals surface area contributed by atoms with Gasteiger partial charge in [0.15, 0.2) is 0 Å².